The van der Waals surface area contributed by atoms with Crippen LogP contribution in [0.15, 0.2) is 108 Å². The smallest absolute Gasteiger partial charge is 0.243 e. The zero-order valence-corrected chi connectivity index (χ0v) is 20.7. The molecule has 1 heterocycles. The molecule has 1 atom stereocenters. The topological polar surface area (TPSA) is 62.6 Å². The first-order valence-electron chi connectivity index (χ1n) is 12.0. The molecule has 0 unspecified atom stereocenters. The number of nitrogens with one attached hydrogen (secondary N) is 1. The minimum absolute atomic E-state index is 0.0807. The highest BCUT2D eigenvalue weighted by molar-refractivity contribution is 6.30. The molecule has 1 aromatic heterocycles. The summed E-state index contributed by atoms with van der Waals surface area (Å²) < 4.78 is 5.38. The molecule has 0 radical (unpaired) electrons. The summed E-state index contributed by atoms with van der Waals surface area (Å²) in [5.74, 6) is 0.349. The first-order chi connectivity index (χ1) is 17.6. The predicted octanol–water partition coefficient (Wildman–Crippen LogP) is 5.82. The second kappa shape index (κ2) is 12.8. The number of carbonyl (C=O) groups is 2. The number of benzene rings is 3. The first kappa shape index (κ1) is 25.3. The lowest BCUT2D eigenvalue weighted by Gasteiger charge is -2.31. The van der Waals surface area contributed by atoms with E-state index in [1.54, 1.807) is 29.4 Å². The van der Waals surface area contributed by atoms with Crippen molar-refractivity contribution in [2.45, 2.75) is 38.4 Å². The highest BCUT2D eigenvalue weighted by Crippen LogP contribution is 2.18. The van der Waals surface area contributed by atoms with Crippen molar-refractivity contribution in [3.8, 4) is 0 Å². The van der Waals surface area contributed by atoms with E-state index in [0.717, 1.165) is 16.7 Å². The highest BCUT2D eigenvalue weighted by Gasteiger charge is 2.30. The fourth-order valence-corrected chi connectivity index (χ4v) is 4.21. The molecule has 2 amide bonds. The summed E-state index contributed by atoms with van der Waals surface area (Å²) in [6, 6.07) is 29.9. The Morgan fingerprint density at radius 2 is 1.47 bits per heavy atom. The van der Waals surface area contributed by atoms with Gasteiger partial charge in [0.2, 0.25) is 11.8 Å². The van der Waals surface area contributed by atoms with Crippen LogP contribution in [-0.4, -0.2) is 22.8 Å². The molecule has 0 spiro atoms. The Hall–Kier alpha value is -3.83. The van der Waals surface area contributed by atoms with Crippen molar-refractivity contribution in [3.63, 3.8) is 0 Å². The van der Waals surface area contributed by atoms with Crippen molar-refractivity contribution >= 4 is 23.4 Å². The molecule has 6 heteroatoms. The number of hydrogen-bond donors (Lipinski definition) is 1. The Morgan fingerprint density at radius 3 is 2.11 bits per heavy atom. The minimum atomic E-state index is -0.693. The van der Waals surface area contributed by atoms with E-state index < -0.39 is 6.04 Å². The second-order valence-electron chi connectivity index (χ2n) is 8.64. The van der Waals surface area contributed by atoms with Gasteiger partial charge in [0.1, 0.15) is 11.8 Å². The summed E-state index contributed by atoms with van der Waals surface area (Å²) in [5.41, 5.74) is 2.97. The van der Waals surface area contributed by atoms with Gasteiger partial charge in [0, 0.05) is 24.4 Å². The Balaban J connectivity index is 1.60. The van der Waals surface area contributed by atoms with E-state index in [0.29, 0.717) is 36.6 Å². The predicted molar refractivity (Wildman–Crippen MR) is 141 cm³/mol. The average molecular weight is 501 g/mol. The van der Waals surface area contributed by atoms with Crippen molar-refractivity contribution < 1.29 is 14.0 Å². The van der Waals surface area contributed by atoms with Gasteiger partial charge >= 0.3 is 0 Å². The normalized spacial score (nSPS) is 11.6. The van der Waals surface area contributed by atoms with Crippen molar-refractivity contribution in [2.75, 3.05) is 0 Å². The minimum Gasteiger partial charge on any atom is -0.467 e. The number of furan rings is 1. The molecule has 4 aromatic rings. The average Bonchev–Trinajstić information content (AvgIpc) is 3.44. The van der Waals surface area contributed by atoms with E-state index >= 15 is 0 Å². The van der Waals surface area contributed by atoms with E-state index in [9.17, 15) is 9.59 Å². The van der Waals surface area contributed by atoms with Crippen molar-refractivity contribution in [3.05, 3.63) is 131 Å². The van der Waals surface area contributed by atoms with Crippen molar-refractivity contribution in [2.24, 2.45) is 0 Å². The van der Waals surface area contributed by atoms with Gasteiger partial charge in [0.15, 0.2) is 0 Å². The molecular formula is C30H29ClN2O3. The van der Waals surface area contributed by atoms with E-state index in [2.05, 4.69) is 5.32 Å². The van der Waals surface area contributed by atoms with Crippen LogP contribution in [0.1, 0.15) is 28.9 Å². The fraction of sp³-hybridized carbons (Fsp3) is 0.200. The van der Waals surface area contributed by atoms with Crippen LogP contribution < -0.4 is 5.32 Å². The molecule has 0 saturated carbocycles. The van der Waals surface area contributed by atoms with Gasteiger partial charge in [0.05, 0.1) is 12.8 Å². The number of aryl methyl sites for hydroxylation is 1. The molecule has 0 bridgehead atoms. The number of hydrogen-bond acceptors (Lipinski definition) is 3. The van der Waals surface area contributed by atoms with Gasteiger partial charge in [0.25, 0.3) is 0 Å². The van der Waals surface area contributed by atoms with Gasteiger partial charge in [-0.05, 0) is 47.4 Å². The maximum Gasteiger partial charge on any atom is 0.243 e. The molecule has 4 rings (SSSR count). The van der Waals surface area contributed by atoms with Crippen LogP contribution in [-0.2, 0) is 35.5 Å². The number of carbonyl (C=O) groups excluding carboxylic acids is 2. The standard InChI is InChI=1S/C30H29ClN2O3/c31-26-16-13-25(14-17-26)22-33(29(34)18-15-23-8-3-1-4-9-23)28(20-24-10-5-2-6-11-24)30(35)32-21-27-12-7-19-36-27/h1-14,16-17,19,28H,15,18,20-22H2,(H,32,35)/t28-/m1/s1. The third-order valence-electron chi connectivity index (χ3n) is 6.02. The third kappa shape index (κ3) is 7.33. The maximum absolute atomic E-state index is 13.7. The van der Waals surface area contributed by atoms with Gasteiger partial charge in [-0.3, -0.25) is 9.59 Å². The Bertz CT molecular complexity index is 1230. The maximum atomic E-state index is 13.7. The van der Waals surface area contributed by atoms with Crippen LogP contribution in [0.5, 0.6) is 0 Å². The summed E-state index contributed by atoms with van der Waals surface area (Å²) in [7, 11) is 0. The van der Waals surface area contributed by atoms with E-state index in [1.807, 2.05) is 78.9 Å². The van der Waals surface area contributed by atoms with Gasteiger partial charge in [-0.15, -0.1) is 0 Å². The molecule has 3 aromatic carbocycles. The molecule has 5 nitrogen and oxygen atoms in total. The molecule has 0 aliphatic carbocycles. The molecule has 0 aliphatic heterocycles. The summed E-state index contributed by atoms with van der Waals surface area (Å²) in [6.07, 6.45) is 2.87. The summed E-state index contributed by atoms with van der Waals surface area (Å²) in [5, 5.41) is 3.58. The van der Waals surface area contributed by atoms with Crippen LogP contribution in [0.4, 0.5) is 0 Å². The fourth-order valence-electron chi connectivity index (χ4n) is 4.09. The lowest BCUT2D eigenvalue weighted by molar-refractivity contribution is -0.141. The second-order valence-corrected chi connectivity index (χ2v) is 9.07. The van der Waals surface area contributed by atoms with Crippen LogP contribution in [0.3, 0.4) is 0 Å². The highest BCUT2D eigenvalue weighted by atomic mass is 35.5. The van der Waals surface area contributed by atoms with Crippen molar-refractivity contribution in [1.82, 2.24) is 10.2 Å². The Kier molecular flexibility index (Phi) is 8.95. The Labute approximate surface area is 216 Å². The van der Waals surface area contributed by atoms with E-state index in [-0.39, 0.29) is 18.4 Å². The van der Waals surface area contributed by atoms with E-state index in [4.69, 9.17) is 16.0 Å². The van der Waals surface area contributed by atoms with Crippen LogP contribution >= 0.6 is 11.6 Å². The van der Waals surface area contributed by atoms with Crippen LogP contribution in [0, 0.1) is 0 Å². The van der Waals surface area contributed by atoms with Gasteiger partial charge in [-0.25, -0.2) is 0 Å². The van der Waals surface area contributed by atoms with Crippen molar-refractivity contribution in [1.29, 1.82) is 0 Å². The number of halogens is 1. The molecule has 0 aliphatic rings. The SMILES string of the molecule is O=C(NCc1ccco1)[C@@H](Cc1ccccc1)N(Cc1ccc(Cl)cc1)C(=O)CCc1ccccc1. The van der Waals surface area contributed by atoms with Gasteiger partial charge in [-0.2, -0.15) is 0 Å². The largest absolute Gasteiger partial charge is 0.467 e. The van der Waals surface area contributed by atoms with Gasteiger partial charge in [-0.1, -0.05) is 84.4 Å². The quantitative estimate of drug-likeness (QED) is 0.282. The monoisotopic (exact) mass is 500 g/mol. The number of rotatable bonds is 11. The molecule has 0 saturated heterocycles. The number of nitrogens with zero attached hydrogens (tertiary/aromatic N) is 1. The first-order valence-corrected chi connectivity index (χ1v) is 12.4. The Morgan fingerprint density at radius 1 is 0.806 bits per heavy atom. The summed E-state index contributed by atoms with van der Waals surface area (Å²) in [6.45, 7) is 0.556. The molecule has 36 heavy (non-hydrogen) atoms. The zero-order valence-electron chi connectivity index (χ0n) is 20.0. The molecule has 184 valence electrons. The van der Waals surface area contributed by atoms with E-state index in [1.165, 1.54) is 0 Å². The molecule has 1 N–H and O–H groups in total. The van der Waals surface area contributed by atoms with Crippen LogP contribution in [0.25, 0.3) is 0 Å². The lowest BCUT2D eigenvalue weighted by atomic mass is 10.0. The molecular weight excluding hydrogens is 472 g/mol. The molecule has 0 fully saturated rings. The zero-order chi connectivity index (χ0) is 25.2. The summed E-state index contributed by atoms with van der Waals surface area (Å²) in [4.78, 5) is 28.9. The number of amides is 2. The lowest BCUT2D eigenvalue weighted by Crippen LogP contribution is -2.50. The van der Waals surface area contributed by atoms with Gasteiger partial charge < -0.3 is 14.6 Å². The third-order valence-corrected chi connectivity index (χ3v) is 6.28. The van der Waals surface area contributed by atoms with Crippen LogP contribution in [0.2, 0.25) is 5.02 Å². The summed E-state index contributed by atoms with van der Waals surface area (Å²) >= 11 is 6.09.